The van der Waals surface area contributed by atoms with Gasteiger partial charge in [-0.05, 0) is 18.2 Å². The van der Waals surface area contributed by atoms with Crippen molar-refractivity contribution in [2.45, 2.75) is 6.54 Å². The maximum Gasteiger partial charge on any atom is 0.340 e. The summed E-state index contributed by atoms with van der Waals surface area (Å²) in [4.78, 5) is 23.7. The molecule has 5 nitrogen and oxygen atoms in total. The molecule has 25 heavy (non-hydrogen) atoms. The summed E-state index contributed by atoms with van der Waals surface area (Å²) < 4.78 is 23.4. The van der Waals surface area contributed by atoms with Crippen LogP contribution in [0.4, 0.5) is 4.39 Å². The predicted octanol–water partition coefficient (Wildman–Crippen LogP) is 3.61. The number of rotatable bonds is 6. The first kappa shape index (κ1) is 19.0. The molecule has 0 fully saturated rings. The fourth-order valence-corrected chi connectivity index (χ4v) is 2.44. The minimum atomic E-state index is -0.923. The largest absolute Gasteiger partial charge is 0.496 e. The van der Waals surface area contributed by atoms with Crippen LogP contribution in [0.25, 0.3) is 0 Å². The van der Waals surface area contributed by atoms with E-state index in [9.17, 15) is 14.0 Å². The van der Waals surface area contributed by atoms with Crippen LogP contribution in [0.2, 0.25) is 10.0 Å². The molecule has 8 heteroatoms. The van der Waals surface area contributed by atoms with Crippen molar-refractivity contribution < 1.29 is 23.5 Å². The van der Waals surface area contributed by atoms with Crippen LogP contribution in [0.1, 0.15) is 15.9 Å². The number of esters is 1. The lowest BCUT2D eigenvalue weighted by molar-refractivity contribution is -0.124. The van der Waals surface area contributed by atoms with Crippen LogP contribution in [0.5, 0.6) is 5.75 Å². The van der Waals surface area contributed by atoms with E-state index in [2.05, 4.69) is 5.32 Å². The van der Waals surface area contributed by atoms with E-state index in [0.717, 1.165) is 17.7 Å². The minimum absolute atomic E-state index is 0.0640. The van der Waals surface area contributed by atoms with Gasteiger partial charge in [-0.25, -0.2) is 9.18 Å². The van der Waals surface area contributed by atoms with Gasteiger partial charge in [0.15, 0.2) is 6.61 Å². The average Bonchev–Trinajstić information content (AvgIpc) is 2.61. The van der Waals surface area contributed by atoms with Crippen LogP contribution in [0.15, 0.2) is 36.4 Å². The van der Waals surface area contributed by atoms with E-state index in [0.29, 0.717) is 5.75 Å². The summed E-state index contributed by atoms with van der Waals surface area (Å²) in [5, 5.41) is 2.32. The molecular weight excluding hydrogens is 372 g/mol. The molecular formula is C17H14Cl2FNO4. The second-order valence-electron chi connectivity index (χ2n) is 4.91. The van der Waals surface area contributed by atoms with E-state index >= 15 is 0 Å². The van der Waals surface area contributed by atoms with Gasteiger partial charge in [-0.3, -0.25) is 4.79 Å². The highest BCUT2D eigenvalue weighted by atomic mass is 35.5. The lowest BCUT2D eigenvalue weighted by Gasteiger charge is -2.10. The van der Waals surface area contributed by atoms with Gasteiger partial charge in [0.2, 0.25) is 0 Å². The molecule has 2 aromatic rings. The molecule has 0 spiro atoms. The quantitative estimate of drug-likeness (QED) is 0.609. The molecule has 0 aliphatic heterocycles. The molecule has 132 valence electrons. The highest BCUT2D eigenvalue weighted by Crippen LogP contribution is 2.24. The summed E-state index contributed by atoms with van der Waals surface area (Å²) in [5.74, 6) is -1.63. The van der Waals surface area contributed by atoms with Crippen molar-refractivity contribution in [1.82, 2.24) is 5.32 Å². The van der Waals surface area contributed by atoms with Crippen molar-refractivity contribution in [3.63, 3.8) is 0 Å². The van der Waals surface area contributed by atoms with Crippen LogP contribution in [0.3, 0.4) is 0 Å². The molecule has 1 N–H and O–H groups in total. The topological polar surface area (TPSA) is 64.6 Å². The zero-order chi connectivity index (χ0) is 18.4. The molecule has 0 aromatic heterocycles. The van der Waals surface area contributed by atoms with Gasteiger partial charge in [0.1, 0.15) is 11.6 Å². The number of nitrogens with one attached hydrogen (secondary N) is 1. The van der Waals surface area contributed by atoms with Gasteiger partial charge in [-0.15, -0.1) is 0 Å². The van der Waals surface area contributed by atoms with Crippen LogP contribution in [-0.4, -0.2) is 25.6 Å². The van der Waals surface area contributed by atoms with Crippen molar-refractivity contribution in [2.24, 2.45) is 0 Å². The van der Waals surface area contributed by atoms with Crippen molar-refractivity contribution in [1.29, 1.82) is 0 Å². The van der Waals surface area contributed by atoms with E-state index < -0.39 is 24.3 Å². The summed E-state index contributed by atoms with van der Waals surface area (Å²) in [7, 11) is 1.53. The monoisotopic (exact) mass is 385 g/mol. The van der Waals surface area contributed by atoms with Gasteiger partial charge in [0.05, 0.1) is 22.7 Å². The Morgan fingerprint density at radius 1 is 1.16 bits per heavy atom. The smallest absolute Gasteiger partial charge is 0.340 e. The average molecular weight is 386 g/mol. The molecule has 2 aromatic carbocycles. The molecule has 0 saturated heterocycles. The van der Waals surface area contributed by atoms with Gasteiger partial charge in [-0.2, -0.15) is 0 Å². The van der Waals surface area contributed by atoms with E-state index in [-0.39, 0.29) is 22.2 Å². The number of hydrogen-bond acceptors (Lipinski definition) is 4. The number of ether oxygens (including phenoxy) is 2. The summed E-state index contributed by atoms with van der Waals surface area (Å²) in [6.45, 7) is -0.328. The molecule has 0 atom stereocenters. The van der Waals surface area contributed by atoms with E-state index in [1.165, 1.54) is 7.11 Å². The van der Waals surface area contributed by atoms with Gasteiger partial charge >= 0.3 is 5.97 Å². The Labute approximate surface area is 153 Å². The minimum Gasteiger partial charge on any atom is -0.496 e. The summed E-state index contributed by atoms with van der Waals surface area (Å²) in [5.41, 5.74) is 0.564. The van der Waals surface area contributed by atoms with Crippen LogP contribution < -0.4 is 10.1 Å². The summed E-state index contributed by atoms with van der Waals surface area (Å²) in [6.07, 6.45) is 0. The van der Waals surface area contributed by atoms with Gasteiger partial charge in [0, 0.05) is 12.1 Å². The van der Waals surface area contributed by atoms with E-state index in [4.69, 9.17) is 32.7 Å². The number of hydrogen-bond donors (Lipinski definition) is 1. The van der Waals surface area contributed by atoms with Gasteiger partial charge in [0.25, 0.3) is 5.91 Å². The maximum atomic E-state index is 13.4. The summed E-state index contributed by atoms with van der Waals surface area (Å²) >= 11 is 11.4. The zero-order valence-electron chi connectivity index (χ0n) is 13.1. The number of para-hydroxylation sites is 1. The Morgan fingerprint density at radius 3 is 2.60 bits per heavy atom. The van der Waals surface area contributed by atoms with Crippen molar-refractivity contribution >= 4 is 35.1 Å². The van der Waals surface area contributed by atoms with E-state index in [1.807, 2.05) is 0 Å². The molecule has 0 radical (unpaired) electrons. The highest BCUT2D eigenvalue weighted by molar-refractivity contribution is 6.36. The molecule has 0 unspecified atom stereocenters. The molecule has 2 rings (SSSR count). The van der Waals surface area contributed by atoms with Gasteiger partial charge < -0.3 is 14.8 Å². The lowest BCUT2D eigenvalue weighted by Crippen LogP contribution is -2.28. The Bertz CT molecular complexity index is 798. The van der Waals surface area contributed by atoms with Crippen LogP contribution in [0, 0.1) is 5.82 Å². The first-order valence-corrected chi connectivity index (χ1v) is 7.88. The lowest BCUT2D eigenvalue weighted by atomic mass is 10.2. The molecule has 0 saturated carbocycles. The Morgan fingerprint density at radius 2 is 1.88 bits per heavy atom. The molecule has 1 amide bonds. The Hall–Kier alpha value is -2.31. The standard InChI is InChI=1S/C17H14Cl2FNO4/c1-24-15-5-3-2-4-10(15)8-21-16(22)9-25-17(23)11-6-14(20)13(19)7-12(11)18/h2-7H,8-9H2,1H3,(H,21,22). The number of benzene rings is 2. The first-order valence-electron chi connectivity index (χ1n) is 7.12. The van der Waals surface area contributed by atoms with Crippen LogP contribution >= 0.6 is 23.2 Å². The normalized spacial score (nSPS) is 10.2. The second kappa shape index (κ2) is 8.69. The molecule has 0 aliphatic carbocycles. The number of carbonyl (C=O) groups is 2. The Balaban J connectivity index is 1.89. The fourth-order valence-electron chi connectivity index (χ4n) is 1.98. The first-order chi connectivity index (χ1) is 11.9. The summed E-state index contributed by atoms with van der Waals surface area (Å²) in [6, 6.07) is 9.12. The van der Waals surface area contributed by atoms with Crippen molar-refractivity contribution in [2.75, 3.05) is 13.7 Å². The Kier molecular flexibility index (Phi) is 6.61. The third-order valence-corrected chi connectivity index (χ3v) is 3.84. The number of carbonyl (C=O) groups excluding carboxylic acids is 2. The second-order valence-corrected chi connectivity index (χ2v) is 5.73. The van der Waals surface area contributed by atoms with E-state index in [1.54, 1.807) is 24.3 Å². The fraction of sp³-hybridized carbons (Fsp3) is 0.176. The van der Waals surface area contributed by atoms with Crippen LogP contribution in [-0.2, 0) is 16.1 Å². The molecule has 0 bridgehead atoms. The molecule has 0 heterocycles. The number of methoxy groups -OCH3 is 1. The third-order valence-electron chi connectivity index (χ3n) is 3.23. The highest BCUT2D eigenvalue weighted by Gasteiger charge is 2.17. The predicted molar refractivity (Wildman–Crippen MR) is 91.5 cm³/mol. The van der Waals surface area contributed by atoms with Crippen molar-refractivity contribution in [3.8, 4) is 5.75 Å². The third kappa shape index (κ3) is 5.08. The van der Waals surface area contributed by atoms with Crippen molar-refractivity contribution in [3.05, 3.63) is 63.4 Å². The maximum absolute atomic E-state index is 13.4. The zero-order valence-corrected chi connectivity index (χ0v) is 14.7. The van der Waals surface area contributed by atoms with Gasteiger partial charge in [-0.1, -0.05) is 41.4 Å². The number of halogens is 3. The number of amides is 1. The SMILES string of the molecule is COc1ccccc1CNC(=O)COC(=O)c1cc(F)c(Cl)cc1Cl. The molecule has 0 aliphatic rings.